The largest absolute Gasteiger partial charge is 0.417 e. The summed E-state index contributed by atoms with van der Waals surface area (Å²) in [5.41, 5.74) is 2.80. The van der Waals surface area contributed by atoms with Crippen LogP contribution in [0.3, 0.4) is 0 Å². The minimum Gasteiger partial charge on any atom is -0.408 e. The summed E-state index contributed by atoms with van der Waals surface area (Å²) in [6, 6.07) is 12.8. The third-order valence-corrected chi connectivity index (χ3v) is 6.96. The maximum Gasteiger partial charge on any atom is 0.417 e. The summed E-state index contributed by atoms with van der Waals surface area (Å²) >= 11 is 1.81. The molecule has 0 aliphatic heterocycles. The van der Waals surface area contributed by atoms with Gasteiger partial charge in [0.05, 0.1) is 5.52 Å². The molecule has 0 bridgehead atoms. The molecule has 0 radical (unpaired) electrons. The lowest BCUT2D eigenvalue weighted by molar-refractivity contribution is 0.443. The molecule has 1 heterocycles. The fourth-order valence-corrected chi connectivity index (χ4v) is 4.85. The summed E-state index contributed by atoms with van der Waals surface area (Å²) in [5, 5.41) is 0. The van der Waals surface area contributed by atoms with Gasteiger partial charge in [-0.3, -0.25) is 4.98 Å². The number of rotatable bonds is 6. The van der Waals surface area contributed by atoms with Crippen molar-refractivity contribution in [3.63, 3.8) is 0 Å². The van der Waals surface area contributed by atoms with Crippen molar-refractivity contribution in [2.75, 3.05) is 5.75 Å². The van der Waals surface area contributed by atoms with Crippen LogP contribution in [0, 0.1) is 11.7 Å². The fourth-order valence-electron chi connectivity index (χ4n) is 3.76. The Labute approximate surface area is 196 Å². The Morgan fingerprint density at radius 3 is 2.44 bits per heavy atom. The zero-order valence-electron chi connectivity index (χ0n) is 20.0. The predicted octanol–water partition coefficient (Wildman–Crippen LogP) is 8.55. The summed E-state index contributed by atoms with van der Waals surface area (Å²) in [6.07, 6.45) is 9.00. The molecule has 1 aliphatic rings. The number of halogens is 1. The van der Waals surface area contributed by atoms with E-state index >= 15 is 0 Å². The first kappa shape index (κ1) is 26.2. The van der Waals surface area contributed by atoms with Crippen LogP contribution >= 0.6 is 11.8 Å². The van der Waals surface area contributed by atoms with E-state index in [1.54, 1.807) is 11.8 Å². The molecule has 1 N–H and O–H groups in total. The Hall–Kier alpha value is -2.01. The normalized spacial score (nSPS) is 14.8. The lowest BCUT2D eigenvalue weighted by atomic mass is 9.84. The number of oxazole rings is 1. The van der Waals surface area contributed by atoms with Crippen LogP contribution in [0.1, 0.15) is 84.1 Å². The van der Waals surface area contributed by atoms with Crippen molar-refractivity contribution in [3.8, 4) is 0 Å². The smallest absolute Gasteiger partial charge is 0.408 e. The van der Waals surface area contributed by atoms with Crippen molar-refractivity contribution in [3.05, 3.63) is 64.4 Å². The van der Waals surface area contributed by atoms with Gasteiger partial charge in [0, 0.05) is 4.90 Å². The molecule has 1 atom stereocenters. The van der Waals surface area contributed by atoms with Crippen LogP contribution in [0.5, 0.6) is 0 Å². The topological polar surface area (TPSA) is 46.0 Å². The van der Waals surface area contributed by atoms with Crippen molar-refractivity contribution >= 4 is 22.9 Å². The number of aromatic amines is 1. The molecule has 176 valence electrons. The van der Waals surface area contributed by atoms with Crippen molar-refractivity contribution in [1.82, 2.24) is 4.98 Å². The van der Waals surface area contributed by atoms with Crippen LogP contribution in [0.2, 0.25) is 0 Å². The lowest BCUT2D eigenvalue weighted by Gasteiger charge is -2.21. The van der Waals surface area contributed by atoms with E-state index < -0.39 is 0 Å². The lowest BCUT2D eigenvalue weighted by Crippen LogP contribution is -2.03. The van der Waals surface area contributed by atoms with E-state index in [9.17, 15) is 9.18 Å². The second kappa shape index (κ2) is 14.2. The summed E-state index contributed by atoms with van der Waals surface area (Å²) in [5.74, 6) is 2.05. The first-order valence-corrected chi connectivity index (χ1v) is 13.0. The molecule has 2 aromatic carbocycles. The predicted molar refractivity (Wildman–Crippen MR) is 135 cm³/mol. The fraction of sp³-hybridized carbons (Fsp3) is 0.519. The molecule has 1 aliphatic carbocycles. The third-order valence-electron chi connectivity index (χ3n) is 5.91. The summed E-state index contributed by atoms with van der Waals surface area (Å²) in [7, 11) is 0. The zero-order chi connectivity index (χ0) is 23.3. The highest BCUT2D eigenvalue weighted by molar-refractivity contribution is 7.99. The van der Waals surface area contributed by atoms with Gasteiger partial charge < -0.3 is 4.42 Å². The van der Waals surface area contributed by atoms with E-state index in [4.69, 9.17) is 4.42 Å². The zero-order valence-corrected chi connectivity index (χ0v) is 20.8. The van der Waals surface area contributed by atoms with Crippen molar-refractivity contribution in [1.29, 1.82) is 0 Å². The Morgan fingerprint density at radius 2 is 1.78 bits per heavy atom. The Bertz CT molecular complexity index is 958. The molecule has 1 saturated carbocycles. The molecule has 32 heavy (non-hydrogen) atoms. The van der Waals surface area contributed by atoms with Crippen LogP contribution in [0.25, 0.3) is 11.1 Å². The van der Waals surface area contributed by atoms with E-state index in [0.29, 0.717) is 11.5 Å². The van der Waals surface area contributed by atoms with Gasteiger partial charge in [-0.05, 0) is 78.8 Å². The van der Waals surface area contributed by atoms with Gasteiger partial charge in [-0.1, -0.05) is 59.4 Å². The number of benzene rings is 2. The van der Waals surface area contributed by atoms with E-state index in [-0.39, 0.29) is 11.6 Å². The molecule has 0 spiro atoms. The van der Waals surface area contributed by atoms with Gasteiger partial charge in [0.1, 0.15) is 5.82 Å². The number of hydrogen-bond donors (Lipinski definition) is 1. The van der Waals surface area contributed by atoms with Crippen LogP contribution in [0.15, 0.2) is 56.6 Å². The molecule has 0 amide bonds. The quantitative estimate of drug-likeness (QED) is 0.376. The second-order valence-corrected chi connectivity index (χ2v) is 9.38. The molecule has 3 aromatic rings. The maximum atomic E-state index is 12.6. The third kappa shape index (κ3) is 8.50. The highest BCUT2D eigenvalue weighted by atomic mass is 32.2. The Morgan fingerprint density at radius 1 is 1.09 bits per heavy atom. The Balaban J connectivity index is 0.000000213. The van der Waals surface area contributed by atoms with Gasteiger partial charge in [-0.2, -0.15) is 0 Å². The first-order chi connectivity index (χ1) is 15.5. The number of H-pyrrole nitrogens is 1. The standard InChI is InChI=1S/C13H15NO2.C12H17FS.C2H6/c15-13-14-11-7-6-10(8-12(11)16-13)9-4-2-1-3-5-9;1-3-10(2)8-9-14-12-6-4-11(13)5-7-12;1-2/h6-9H,1-5H2,(H,14,15);4-7,10H,3,8-9H2,1-2H3;1-2H3. The van der Waals surface area contributed by atoms with Gasteiger partial charge in [-0.25, -0.2) is 9.18 Å². The molecular formula is C27H38FNO2S. The number of thioether (sulfide) groups is 1. The van der Waals surface area contributed by atoms with Crippen LogP contribution < -0.4 is 5.76 Å². The van der Waals surface area contributed by atoms with Gasteiger partial charge in [0.2, 0.25) is 0 Å². The van der Waals surface area contributed by atoms with Crippen LogP contribution in [-0.2, 0) is 0 Å². The van der Waals surface area contributed by atoms with Crippen molar-refractivity contribution in [2.24, 2.45) is 5.92 Å². The van der Waals surface area contributed by atoms with Crippen LogP contribution in [0.4, 0.5) is 4.39 Å². The first-order valence-electron chi connectivity index (χ1n) is 12.1. The summed E-state index contributed by atoms with van der Waals surface area (Å²) < 4.78 is 17.7. The van der Waals surface area contributed by atoms with Gasteiger partial charge in [0.15, 0.2) is 5.58 Å². The van der Waals surface area contributed by atoms with E-state index in [1.165, 1.54) is 62.6 Å². The number of fused-ring (bicyclic) bond motifs is 1. The minimum atomic E-state index is -0.365. The van der Waals surface area contributed by atoms with E-state index in [1.807, 2.05) is 38.1 Å². The molecule has 3 nitrogen and oxygen atoms in total. The molecular weight excluding hydrogens is 421 g/mol. The molecule has 0 saturated heterocycles. The number of nitrogens with one attached hydrogen (secondary N) is 1. The second-order valence-electron chi connectivity index (χ2n) is 8.21. The van der Waals surface area contributed by atoms with Crippen LogP contribution in [-0.4, -0.2) is 10.7 Å². The van der Waals surface area contributed by atoms with Crippen molar-refractivity contribution in [2.45, 2.75) is 83.5 Å². The minimum absolute atomic E-state index is 0.156. The number of aromatic nitrogens is 1. The highest BCUT2D eigenvalue weighted by Crippen LogP contribution is 2.33. The van der Waals surface area contributed by atoms with E-state index in [2.05, 4.69) is 24.9 Å². The monoisotopic (exact) mass is 459 g/mol. The number of hydrogen-bond acceptors (Lipinski definition) is 3. The van der Waals surface area contributed by atoms with Crippen molar-refractivity contribution < 1.29 is 8.81 Å². The molecule has 1 aromatic heterocycles. The van der Waals surface area contributed by atoms with Gasteiger partial charge in [0.25, 0.3) is 0 Å². The van der Waals surface area contributed by atoms with Gasteiger partial charge >= 0.3 is 5.76 Å². The summed E-state index contributed by atoms with van der Waals surface area (Å²) in [6.45, 7) is 8.48. The maximum absolute atomic E-state index is 12.6. The average Bonchev–Trinajstić information content (AvgIpc) is 3.21. The average molecular weight is 460 g/mol. The van der Waals surface area contributed by atoms with E-state index in [0.717, 1.165) is 22.1 Å². The molecule has 4 rings (SSSR count). The summed E-state index contributed by atoms with van der Waals surface area (Å²) in [4.78, 5) is 14.9. The molecule has 1 unspecified atom stereocenters. The molecule has 5 heteroatoms. The van der Waals surface area contributed by atoms with Gasteiger partial charge in [-0.15, -0.1) is 11.8 Å². The molecule has 1 fully saturated rings. The highest BCUT2D eigenvalue weighted by Gasteiger charge is 2.16. The Kier molecular flexibility index (Phi) is 11.6. The SMILES string of the molecule is CC.CCC(C)CCSc1ccc(F)cc1.O=c1[nH]c2ccc(C3CCCCC3)cc2o1.